The lowest BCUT2D eigenvalue weighted by Gasteiger charge is -2.08. The van der Waals surface area contributed by atoms with Crippen molar-refractivity contribution in [3.63, 3.8) is 0 Å². The van der Waals surface area contributed by atoms with Crippen molar-refractivity contribution >= 4 is 26.6 Å². The third-order valence-corrected chi connectivity index (χ3v) is 3.95. The summed E-state index contributed by atoms with van der Waals surface area (Å²) in [5.74, 6) is -0.223. The summed E-state index contributed by atoms with van der Waals surface area (Å²) in [6.07, 6.45) is 0. The molecule has 2 rings (SSSR count). The van der Waals surface area contributed by atoms with Crippen LogP contribution in [-0.2, 0) is 10.0 Å². The summed E-state index contributed by atoms with van der Waals surface area (Å²) < 4.78 is 26.5. The third-order valence-electron chi connectivity index (χ3n) is 2.49. The zero-order valence-electron chi connectivity index (χ0n) is 9.55. The molecule has 0 unspecified atom stereocenters. The summed E-state index contributed by atoms with van der Waals surface area (Å²) in [7, 11) is -3.65. The number of rotatable bonds is 4. The van der Waals surface area contributed by atoms with E-state index in [-0.39, 0.29) is 17.3 Å². The first kappa shape index (κ1) is 12.5. The maximum Gasteiger partial charge on any atom is 0.241 e. The molecule has 0 amide bonds. The highest BCUT2D eigenvalue weighted by atomic mass is 32.2. The largest absolute Gasteiger partial charge is 0.387 e. The fraction of sp³-hybridized carbons (Fsp3) is 0.0833. The van der Waals surface area contributed by atoms with Gasteiger partial charge in [0.2, 0.25) is 10.0 Å². The Morgan fingerprint density at radius 2 is 1.83 bits per heavy atom. The first-order chi connectivity index (χ1) is 8.50. The molecule has 0 radical (unpaired) electrons. The Kier molecular flexibility index (Phi) is 3.31. The van der Waals surface area contributed by atoms with Crippen LogP contribution >= 0.6 is 0 Å². The van der Waals surface area contributed by atoms with Crippen LogP contribution < -0.4 is 10.5 Å². The molecule has 2 aromatic carbocycles. The van der Waals surface area contributed by atoms with E-state index in [0.29, 0.717) is 5.39 Å². The minimum absolute atomic E-state index is 0.189. The molecule has 0 aliphatic heterocycles. The van der Waals surface area contributed by atoms with Crippen molar-refractivity contribution in [2.45, 2.75) is 4.90 Å². The lowest BCUT2D eigenvalue weighted by molar-refractivity contribution is 0.587. The van der Waals surface area contributed by atoms with E-state index in [9.17, 15) is 8.42 Å². The molecule has 0 spiro atoms. The van der Waals surface area contributed by atoms with E-state index in [1.54, 1.807) is 18.2 Å². The Hall–Kier alpha value is -1.92. The number of nitrogens with one attached hydrogen (secondary N) is 2. The van der Waals surface area contributed by atoms with Gasteiger partial charge in [0.15, 0.2) is 0 Å². The zero-order chi connectivity index (χ0) is 13.2. The van der Waals surface area contributed by atoms with E-state index >= 15 is 0 Å². The van der Waals surface area contributed by atoms with E-state index in [0.717, 1.165) is 5.39 Å². The van der Waals surface area contributed by atoms with Crippen LogP contribution in [0.4, 0.5) is 0 Å². The first-order valence-corrected chi connectivity index (χ1v) is 6.79. The van der Waals surface area contributed by atoms with Crippen LogP contribution in [0.15, 0.2) is 47.4 Å². The van der Waals surface area contributed by atoms with E-state index in [4.69, 9.17) is 11.1 Å². The van der Waals surface area contributed by atoms with Gasteiger partial charge in [0.25, 0.3) is 0 Å². The van der Waals surface area contributed by atoms with Crippen molar-refractivity contribution in [1.29, 1.82) is 5.41 Å². The quantitative estimate of drug-likeness (QED) is 0.568. The third kappa shape index (κ3) is 2.49. The zero-order valence-corrected chi connectivity index (χ0v) is 10.4. The SMILES string of the molecule is N=C(N)CNS(=O)(=O)c1cccc2ccccc12. The molecule has 4 N–H and O–H groups in total. The van der Waals surface area contributed by atoms with Crippen molar-refractivity contribution in [3.8, 4) is 0 Å². The summed E-state index contributed by atoms with van der Waals surface area (Å²) >= 11 is 0. The maximum atomic E-state index is 12.1. The second-order valence-electron chi connectivity index (χ2n) is 3.83. The van der Waals surface area contributed by atoms with E-state index in [2.05, 4.69) is 4.72 Å². The van der Waals surface area contributed by atoms with Crippen LogP contribution in [0.1, 0.15) is 0 Å². The van der Waals surface area contributed by atoms with Crippen LogP contribution in [-0.4, -0.2) is 20.8 Å². The molecule has 0 aliphatic rings. The molecule has 0 aliphatic carbocycles. The van der Waals surface area contributed by atoms with Crippen LogP contribution in [0.2, 0.25) is 0 Å². The highest BCUT2D eigenvalue weighted by molar-refractivity contribution is 7.89. The normalized spacial score (nSPS) is 11.6. The number of hydrogen-bond donors (Lipinski definition) is 3. The highest BCUT2D eigenvalue weighted by Gasteiger charge is 2.16. The van der Waals surface area contributed by atoms with E-state index in [1.807, 2.05) is 18.2 Å². The number of amidine groups is 1. The van der Waals surface area contributed by atoms with Gasteiger partial charge in [-0.05, 0) is 11.5 Å². The minimum atomic E-state index is -3.65. The molecule has 18 heavy (non-hydrogen) atoms. The Bertz CT molecular complexity index is 690. The van der Waals surface area contributed by atoms with Crippen LogP contribution in [0.25, 0.3) is 10.8 Å². The lowest BCUT2D eigenvalue weighted by Crippen LogP contribution is -2.33. The van der Waals surface area contributed by atoms with Gasteiger partial charge < -0.3 is 5.73 Å². The molecule has 0 aromatic heterocycles. The summed E-state index contributed by atoms with van der Waals surface area (Å²) in [4.78, 5) is 0.196. The van der Waals surface area contributed by atoms with Gasteiger partial charge >= 0.3 is 0 Å². The second-order valence-corrected chi connectivity index (χ2v) is 5.56. The van der Waals surface area contributed by atoms with Crippen molar-refractivity contribution in [1.82, 2.24) is 4.72 Å². The molecule has 2 aromatic rings. The van der Waals surface area contributed by atoms with Gasteiger partial charge in [0.1, 0.15) is 5.84 Å². The van der Waals surface area contributed by atoms with Gasteiger partial charge in [-0.15, -0.1) is 0 Å². The lowest BCUT2D eigenvalue weighted by atomic mass is 10.1. The molecule has 0 saturated heterocycles. The van der Waals surface area contributed by atoms with Gasteiger partial charge in [-0.1, -0.05) is 36.4 Å². The average Bonchev–Trinajstić information content (AvgIpc) is 2.36. The summed E-state index contributed by atoms with van der Waals surface area (Å²) in [5.41, 5.74) is 5.15. The molecule has 0 bridgehead atoms. The van der Waals surface area contributed by atoms with Gasteiger partial charge in [0.05, 0.1) is 11.4 Å². The van der Waals surface area contributed by atoms with Gasteiger partial charge in [-0.25, -0.2) is 13.1 Å². The average molecular weight is 263 g/mol. The summed E-state index contributed by atoms with van der Waals surface area (Å²) in [5, 5.41) is 8.55. The molecule has 0 heterocycles. The monoisotopic (exact) mass is 263 g/mol. The predicted molar refractivity (Wildman–Crippen MR) is 71.1 cm³/mol. The summed E-state index contributed by atoms with van der Waals surface area (Å²) in [6.45, 7) is -0.189. The van der Waals surface area contributed by atoms with E-state index < -0.39 is 10.0 Å². The minimum Gasteiger partial charge on any atom is -0.387 e. The first-order valence-electron chi connectivity index (χ1n) is 5.31. The molecule has 5 nitrogen and oxygen atoms in total. The van der Waals surface area contributed by atoms with Crippen LogP contribution in [0.5, 0.6) is 0 Å². The standard InChI is InChI=1S/C12H13N3O2S/c13-12(14)8-15-18(16,17)11-7-3-5-9-4-1-2-6-10(9)11/h1-7,15H,8H2,(H3,13,14). The number of fused-ring (bicyclic) bond motifs is 1. The number of sulfonamides is 1. The van der Waals surface area contributed by atoms with Gasteiger partial charge in [-0.3, -0.25) is 5.41 Å². The number of hydrogen-bond acceptors (Lipinski definition) is 3. The molecule has 94 valence electrons. The second kappa shape index (κ2) is 4.75. The maximum absolute atomic E-state index is 12.1. The van der Waals surface area contributed by atoms with Crippen LogP contribution in [0, 0.1) is 5.41 Å². The van der Waals surface area contributed by atoms with Crippen LogP contribution in [0.3, 0.4) is 0 Å². The van der Waals surface area contributed by atoms with E-state index in [1.165, 1.54) is 6.07 Å². The molecule has 6 heteroatoms. The Morgan fingerprint density at radius 1 is 1.17 bits per heavy atom. The Labute approximate surface area is 105 Å². The molecule has 0 saturated carbocycles. The van der Waals surface area contributed by atoms with Gasteiger partial charge in [0, 0.05) is 5.39 Å². The van der Waals surface area contributed by atoms with Gasteiger partial charge in [-0.2, -0.15) is 0 Å². The molecular weight excluding hydrogens is 250 g/mol. The summed E-state index contributed by atoms with van der Waals surface area (Å²) in [6, 6.07) is 12.3. The van der Waals surface area contributed by atoms with Crippen molar-refractivity contribution in [3.05, 3.63) is 42.5 Å². The van der Waals surface area contributed by atoms with Crippen molar-refractivity contribution in [2.75, 3.05) is 6.54 Å². The smallest absolute Gasteiger partial charge is 0.241 e. The predicted octanol–water partition coefficient (Wildman–Crippen LogP) is 1.05. The number of nitrogens with two attached hydrogens (primary N) is 1. The molecular formula is C12H13N3O2S. The van der Waals surface area contributed by atoms with Crippen molar-refractivity contribution < 1.29 is 8.42 Å². The Balaban J connectivity index is 2.50. The topological polar surface area (TPSA) is 96.0 Å². The fourth-order valence-corrected chi connectivity index (χ4v) is 2.91. The fourth-order valence-electron chi connectivity index (χ4n) is 1.68. The highest BCUT2D eigenvalue weighted by Crippen LogP contribution is 2.22. The molecule has 0 fully saturated rings. The molecule has 0 atom stereocenters. The van der Waals surface area contributed by atoms with Crippen molar-refractivity contribution in [2.24, 2.45) is 5.73 Å². The number of benzene rings is 2. The Morgan fingerprint density at radius 3 is 2.56 bits per heavy atom.